The first kappa shape index (κ1) is 27.2. The van der Waals surface area contributed by atoms with Crippen LogP contribution in [0.1, 0.15) is 36.1 Å². The van der Waals surface area contributed by atoms with Crippen molar-refractivity contribution >= 4 is 38.9 Å². The highest BCUT2D eigenvalue weighted by atomic mass is 32.1. The maximum atomic E-state index is 10.9. The molecule has 0 saturated carbocycles. The second-order valence-electron chi connectivity index (χ2n) is 5.41. The molecular formula is C19H28N2O4S2. The van der Waals surface area contributed by atoms with Gasteiger partial charge in [0.25, 0.3) is 0 Å². The molecule has 6 nitrogen and oxygen atoms in total. The Labute approximate surface area is 173 Å². The van der Waals surface area contributed by atoms with Gasteiger partial charge >= 0.3 is 11.9 Å². The van der Waals surface area contributed by atoms with Crippen molar-refractivity contribution in [2.45, 2.75) is 24.9 Å². The summed E-state index contributed by atoms with van der Waals surface area (Å²) in [5, 5.41) is 8.47. The molecule has 0 aliphatic heterocycles. The molecule has 0 aromatic heterocycles. The monoisotopic (exact) mass is 412 g/mol. The lowest BCUT2D eigenvalue weighted by atomic mass is 10.1. The molecule has 5 N–H and O–H groups in total. The largest absolute Gasteiger partial charge is 0.481 e. The van der Waals surface area contributed by atoms with Crippen molar-refractivity contribution in [3.8, 4) is 0 Å². The highest BCUT2D eigenvalue weighted by Crippen LogP contribution is 2.13. The molecule has 27 heavy (non-hydrogen) atoms. The van der Waals surface area contributed by atoms with Gasteiger partial charge in [-0.1, -0.05) is 60.7 Å². The van der Waals surface area contributed by atoms with E-state index in [0.29, 0.717) is 0 Å². The first-order valence-electron chi connectivity index (χ1n) is 7.83. The number of hydrogen-bond donors (Lipinski definition) is 3. The van der Waals surface area contributed by atoms with Gasteiger partial charge in [0, 0.05) is 12.1 Å². The minimum Gasteiger partial charge on any atom is -0.481 e. The third-order valence-corrected chi connectivity index (χ3v) is 3.46. The predicted octanol–water partition coefficient (Wildman–Crippen LogP) is 2.64. The zero-order valence-corrected chi connectivity index (χ0v) is 17.2. The fourth-order valence-electron chi connectivity index (χ4n) is 2.09. The number of carboxylic acids is 1. The summed E-state index contributed by atoms with van der Waals surface area (Å²) in [6, 6.07) is 18.0. The van der Waals surface area contributed by atoms with Gasteiger partial charge in [-0.05, 0) is 11.1 Å². The molecule has 2 rings (SSSR count). The summed E-state index contributed by atoms with van der Waals surface area (Å²) in [5.74, 6) is -1.15. The molecule has 0 fully saturated rings. The molecular weight excluding hydrogens is 384 g/mol. The number of nitrogens with two attached hydrogens (primary N) is 2. The van der Waals surface area contributed by atoms with E-state index >= 15 is 0 Å². The molecule has 0 unspecified atom stereocenters. The number of rotatable bonds is 6. The van der Waals surface area contributed by atoms with Crippen LogP contribution in [0.5, 0.6) is 0 Å². The van der Waals surface area contributed by atoms with E-state index in [1.807, 2.05) is 60.7 Å². The highest BCUT2D eigenvalue weighted by Gasteiger charge is 2.10. The van der Waals surface area contributed by atoms with Crippen molar-refractivity contribution in [3.63, 3.8) is 0 Å². The minimum absolute atomic E-state index is 0. The van der Waals surface area contributed by atoms with Crippen LogP contribution in [0.4, 0.5) is 0 Å². The number of aliphatic carboxylic acids is 1. The van der Waals surface area contributed by atoms with Crippen molar-refractivity contribution in [3.05, 3.63) is 71.8 Å². The number of benzene rings is 2. The van der Waals surface area contributed by atoms with Crippen LogP contribution in [0.2, 0.25) is 0 Å². The SMILES string of the molecule is COC(=O)C[C@H](N)c1ccccc1.N[C@@H](CC(=O)O)c1ccccc1.S.S. The Morgan fingerprint density at radius 1 is 0.852 bits per heavy atom. The van der Waals surface area contributed by atoms with Gasteiger partial charge in [-0.3, -0.25) is 9.59 Å². The number of ether oxygens (including phenoxy) is 1. The van der Waals surface area contributed by atoms with Gasteiger partial charge in [0.2, 0.25) is 0 Å². The van der Waals surface area contributed by atoms with Crippen LogP contribution in [0.15, 0.2) is 60.7 Å². The van der Waals surface area contributed by atoms with Crippen LogP contribution >= 0.6 is 27.0 Å². The lowest BCUT2D eigenvalue weighted by molar-refractivity contribution is -0.141. The zero-order chi connectivity index (χ0) is 18.7. The van der Waals surface area contributed by atoms with Crippen LogP contribution in [-0.2, 0) is 14.3 Å². The molecule has 2 aromatic carbocycles. The van der Waals surface area contributed by atoms with Gasteiger partial charge in [0.1, 0.15) is 0 Å². The Kier molecular flexibility index (Phi) is 15.2. The molecule has 0 radical (unpaired) electrons. The molecule has 0 saturated heterocycles. The van der Waals surface area contributed by atoms with Crippen molar-refractivity contribution in [1.29, 1.82) is 0 Å². The molecule has 0 amide bonds. The second kappa shape index (κ2) is 15.1. The van der Waals surface area contributed by atoms with Crippen LogP contribution < -0.4 is 11.5 Å². The lowest BCUT2D eigenvalue weighted by Crippen LogP contribution is -2.16. The Hall–Kier alpha value is -2.00. The van der Waals surface area contributed by atoms with E-state index < -0.39 is 12.0 Å². The van der Waals surface area contributed by atoms with E-state index in [2.05, 4.69) is 4.74 Å². The minimum atomic E-state index is -0.869. The van der Waals surface area contributed by atoms with E-state index in [9.17, 15) is 9.59 Å². The molecule has 0 heterocycles. The van der Waals surface area contributed by atoms with E-state index in [-0.39, 0.29) is 51.8 Å². The smallest absolute Gasteiger partial charge is 0.307 e. The van der Waals surface area contributed by atoms with Crippen LogP contribution in [0.25, 0.3) is 0 Å². The first-order valence-corrected chi connectivity index (χ1v) is 7.83. The van der Waals surface area contributed by atoms with Gasteiger partial charge < -0.3 is 21.3 Å². The molecule has 0 spiro atoms. The predicted molar refractivity (Wildman–Crippen MR) is 116 cm³/mol. The van der Waals surface area contributed by atoms with Gasteiger partial charge in [-0.2, -0.15) is 27.0 Å². The van der Waals surface area contributed by atoms with Crippen LogP contribution in [0, 0.1) is 0 Å². The summed E-state index contributed by atoms with van der Waals surface area (Å²) in [4.78, 5) is 21.2. The van der Waals surface area contributed by atoms with Crippen LogP contribution in [-0.4, -0.2) is 24.2 Å². The number of hydrogen-bond acceptors (Lipinski definition) is 5. The summed E-state index contributed by atoms with van der Waals surface area (Å²) in [7, 11) is 1.36. The molecule has 0 aliphatic carbocycles. The standard InChI is InChI=1S/C10H13NO2.C9H11NO2.2H2S/c1-13-10(12)7-9(11)8-5-3-2-4-6-8;10-8(6-9(11)12)7-4-2-1-3-5-7;;/h2-6,9H,7,11H2,1H3;1-5,8H,6,10H2,(H,11,12);2*1H2/t9-;8-;;/m00../s1. The van der Waals surface area contributed by atoms with Gasteiger partial charge in [-0.15, -0.1) is 0 Å². The summed E-state index contributed by atoms with van der Waals surface area (Å²) in [6.07, 6.45) is 0.199. The van der Waals surface area contributed by atoms with E-state index in [0.717, 1.165) is 11.1 Å². The maximum absolute atomic E-state index is 10.9. The van der Waals surface area contributed by atoms with E-state index in [1.54, 1.807) is 0 Å². The number of carbonyl (C=O) groups is 2. The number of carboxylic acid groups (broad SMARTS) is 1. The van der Waals surface area contributed by atoms with Crippen molar-refractivity contribution in [1.82, 2.24) is 0 Å². The quantitative estimate of drug-likeness (QED) is 0.628. The molecule has 2 aromatic rings. The molecule has 150 valence electrons. The number of carbonyl (C=O) groups excluding carboxylic acids is 1. The van der Waals surface area contributed by atoms with Gasteiger partial charge in [-0.25, -0.2) is 0 Å². The third-order valence-electron chi connectivity index (χ3n) is 3.46. The Balaban J connectivity index is 0. The Morgan fingerprint density at radius 2 is 1.22 bits per heavy atom. The Bertz CT molecular complexity index is 657. The second-order valence-corrected chi connectivity index (χ2v) is 5.41. The van der Waals surface area contributed by atoms with E-state index in [1.165, 1.54) is 7.11 Å². The van der Waals surface area contributed by atoms with Crippen molar-refractivity contribution in [2.24, 2.45) is 11.5 Å². The average Bonchev–Trinajstić information content (AvgIpc) is 2.63. The summed E-state index contributed by atoms with van der Waals surface area (Å²) >= 11 is 0. The molecule has 8 heteroatoms. The van der Waals surface area contributed by atoms with Gasteiger partial charge in [0.05, 0.1) is 20.0 Å². The molecule has 0 aliphatic rings. The zero-order valence-electron chi connectivity index (χ0n) is 15.2. The fourth-order valence-corrected chi connectivity index (χ4v) is 2.09. The summed E-state index contributed by atoms with van der Waals surface area (Å²) in [6.45, 7) is 0. The summed E-state index contributed by atoms with van der Waals surface area (Å²) < 4.78 is 4.52. The molecule has 0 bridgehead atoms. The number of esters is 1. The Morgan fingerprint density at radius 3 is 1.56 bits per heavy atom. The van der Waals surface area contributed by atoms with Crippen molar-refractivity contribution in [2.75, 3.05) is 7.11 Å². The maximum Gasteiger partial charge on any atom is 0.307 e. The average molecular weight is 413 g/mol. The van der Waals surface area contributed by atoms with E-state index in [4.69, 9.17) is 16.6 Å². The highest BCUT2D eigenvalue weighted by molar-refractivity contribution is 7.59. The lowest BCUT2D eigenvalue weighted by Gasteiger charge is -2.09. The fraction of sp³-hybridized carbons (Fsp3) is 0.263. The number of methoxy groups -OCH3 is 1. The summed E-state index contributed by atoms with van der Waals surface area (Å²) in [5.41, 5.74) is 13.2. The normalized spacial score (nSPS) is 11.4. The molecule has 2 atom stereocenters. The first-order chi connectivity index (χ1) is 11.9. The van der Waals surface area contributed by atoms with Gasteiger partial charge in [0.15, 0.2) is 0 Å². The third kappa shape index (κ3) is 11.3. The topological polar surface area (TPSA) is 116 Å². The van der Waals surface area contributed by atoms with Crippen LogP contribution in [0.3, 0.4) is 0 Å². The van der Waals surface area contributed by atoms with Crippen molar-refractivity contribution < 1.29 is 19.4 Å².